The van der Waals surface area contributed by atoms with Gasteiger partial charge in [-0.15, -0.1) is 21.5 Å². The summed E-state index contributed by atoms with van der Waals surface area (Å²) in [5, 5.41) is 11.9. The van der Waals surface area contributed by atoms with Crippen molar-refractivity contribution in [3.63, 3.8) is 0 Å². The molecule has 2 aromatic heterocycles. The summed E-state index contributed by atoms with van der Waals surface area (Å²) in [7, 11) is 0. The topological polar surface area (TPSA) is 93.8 Å². The number of aromatic nitrogens is 3. The van der Waals surface area contributed by atoms with E-state index in [1.54, 1.807) is 23.5 Å². The average Bonchev–Trinajstić information content (AvgIpc) is 2.69. The second-order valence-electron chi connectivity index (χ2n) is 4.22. The molecular formula is C12H15N5OS. The van der Waals surface area contributed by atoms with Gasteiger partial charge in [0.25, 0.3) is 5.91 Å². The van der Waals surface area contributed by atoms with E-state index in [1.165, 1.54) is 4.88 Å². The minimum Gasteiger partial charge on any atom is -0.364 e. The summed E-state index contributed by atoms with van der Waals surface area (Å²) in [6.07, 6.45) is 0. The highest BCUT2D eigenvalue weighted by atomic mass is 32.1. The van der Waals surface area contributed by atoms with Crippen molar-refractivity contribution in [3.8, 4) is 0 Å². The first kappa shape index (κ1) is 13.4. The van der Waals surface area contributed by atoms with Crippen molar-refractivity contribution in [1.29, 1.82) is 0 Å². The van der Waals surface area contributed by atoms with Crippen molar-refractivity contribution in [2.24, 2.45) is 5.73 Å². The maximum atomic E-state index is 10.9. The van der Waals surface area contributed by atoms with Crippen LogP contribution in [0.1, 0.15) is 39.0 Å². The van der Waals surface area contributed by atoms with E-state index in [9.17, 15) is 4.79 Å². The summed E-state index contributed by atoms with van der Waals surface area (Å²) in [4.78, 5) is 16.5. The van der Waals surface area contributed by atoms with Crippen LogP contribution in [0.5, 0.6) is 0 Å². The number of rotatable bonds is 4. The van der Waals surface area contributed by atoms with E-state index in [-0.39, 0.29) is 11.7 Å². The first-order chi connectivity index (χ1) is 8.97. The summed E-state index contributed by atoms with van der Waals surface area (Å²) in [5.41, 5.74) is 6.28. The summed E-state index contributed by atoms with van der Waals surface area (Å²) in [5.74, 6) is 0.0176. The largest absolute Gasteiger partial charge is 0.364 e. The summed E-state index contributed by atoms with van der Waals surface area (Å²) in [6.45, 7) is 6.00. The van der Waals surface area contributed by atoms with E-state index in [4.69, 9.17) is 5.73 Å². The fourth-order valence-electron chi connectivity index (χ4n) is 1.78. The first-order valence-electron chi connectivity index (χ1n) is 5.81. The number of nitrogens with zero attached hydrogens (tertiary/aromatic N) is 3. The Morgan fingerprint density at radius 1 is 1.37 bits per heavy atom. The number of hydrogen-bond acceptors (Lipinski definition) is 6. The van der Waals surface area contributed by atoms with Gasteiger partial charge in [-0.05, 0) is 32.9 Å². The molecule has 0 spiro atoms. The molecule has 0 radical (unpaired) electrons. The Labute approximate surface area is 115 Å². The van der Waals surface area contributed by atoms with Gasteiger partial charge in [-0.25, -0.2) is 4.98 Å². The number of thiazole rings is 1. The van der Waals surface area contributed by atoms with Crippen molar-refractivity contribution in [2.45, 2.75) is 26.8 Å². The number of aryl methyl sites for hydroxylation is 2. The van der Waals surface area contributed by atoms with E-state index < -0.39 is 5.91 Å². The van der Waals surface area contributed by atoms with Crippen LogP contribution < -0.4 is 11.1 Å². The van der Waals surface area contributed by atoms with Crippen molar-refractivity contribution in [3.05, 3.63) is 33.4 Å². The lowest BCUT2D eigenvalue weighted by atomic mass is 10.2. The molecule has 0 aromatic carbocycles. The molecule has 1 atom stereocenters. The van der Waals surface area contributed by atoms with Crippen LogP contribution in [0.15, 0.2) is 12.1 Å². The van der Waals surface area contributed by atoms with Gasteiger partial charge in [0.1, 0.15) is 5.82 Å². The highest BCUT2D eigenvalue weighted by molar-refractivity contribution is 7.11. The lowest BCUT2D eigenvalue weighted by Gasteiger charge is -2.12. The van der Waals surface area contributed by atoms with E-state index in [0.717, 1.165) is 10.7 Å². The number of primary amides is 1. The van der Waals surface area contributed by atoms with Gasteiger partial charge in [-0.1, -0.05) is 0 Å². The molecule has 0 aliphatic heterocycles. The second kappa shape index (κ2) is 5.31. The number of amides is 1. The highest BCUT2D eigenvalue weighted by Crippen LogP contribution is 2.26. The zero-order valence-corrected chi connectivity index (χ0v) is 11.8. The Bertz CT molecular complexity index is 593. The third-order valence-electron chi connectivity index (χ3n) is 2.61. The zero-order valence-electron chi connectivity index (χ0n) is 11.0. The number of anilines is 1. The van der Waals surface area contributed by atoms with Gasteiger partial charge >= 0.3 is 0 Å². The van der Waals surface area contributed by atoms with Gasteiger partial charge in [0.2, 0.25) is 0 Å². The number of nitrogens with one attached hydrogen (secondary N) is 1. The molecule has 6 nitrogen and oxygen atoms in total. The zero-order chi connectivity index (χ0) is 14.0. The van der Waals surface area contributed by atoms with Crippen LogP contribution >= 0.6 is 11.3 Å². The van der Waals surface area contributed by atoms with Gasteiger partial charge in [-0.3, -0.25) is 4.79 Å². The molecule has 2 heterocycles. The number of hydrogen-bond donors (Lipinski definition) is 2. The molecule has 0 bridgehead atoms. The molecule has 0 aliphatic carbocycles. The van der Waals surface area contributed by atoms with E-state index >= 15 is 0 Å². The maximum absolute atomic E-state index is 10.9. The number of carbonyl (C=O) groups is 1. The third-order valence-corrected chi connectivity index (χ3v) is 3.87. The van der Waals surface area contributed by atoms with Gasteiger partial charge in [0.15, 0.2) is 5.69 Å². The molecule has 0 aliphatic rings. The van der Waals surface area contributed by atoms with Crippen molar-refractivity contribution in [1.82, 2.24) is 15.2 Å². The Morgan fingerprint density at radius 2 is 2.11 bits per heavy atom. The van der Waals surface area contributed by atoms with Crippen LogP contribution in [0.4, 0.5) is 5.82 Å². The predicted octanol–water partition coefficient (Wildman–Crippen LogP) is 1.82. The molecule has 2 aromatic rings. The molecular weight excluding hydrogens is 262 g/mol. The third kappa shape index (κ3) is 3.05. The fourth-order valence-corrected chi connectivity index (χ4v) is 2.71. The average molecular weight is 277 g/mol. The van der Waals surface area contributed by atoms with Crippen LogP contribution in [0.3, 0.4) is 0 Å². The molecule has 0 saturated carbocycles. The predicted molar refractivity (Wildman–Crippen MR) is 74.2 cm³/mol. The van der Waals surface area contributed by atoms with Gasteiger partial charge in [0, 0.05) is 4.88 Å². The lowest BCUT2D eigenvalue weighted by molar-refractivity contribution is 0.0994. The van der Waals surface area contributed by atoms with E-state index in [1.807, 2.05) is 20.8 Å². The van der Waals surface area contributed by atoms with E-state index in [0.29, 0.717) is 5.82 Å². The standard InChI is InChI=1S/C12H15N5OS/c1-6-11(19-8(3)14-6)7(2)15-10-5-4-9(12(13)18)16-17-10/h4-5,7H,1-3H3,(H2,13,18)(H,15,17). The van der Waals surface area contributed by atoms with Crippen molar-refractivity contribution in [2.75, 3.05) is 5.32 Å². The molecule has 2 rings (SSSR count). The summed E-state index contributed by atoms with van der Waals surface area (Å²) < 4.78 is 0. The van der Waals surface area contributed by atoms with Crippen molar-refractivity contribution >= 4 is 23.1 Å². The van der Waals surface area contributed by atoms with Crippen molar-refractivity contribution < 1.29 is 4.79 Å². The lowest BCUT2D eigenvalue weighted by Crippen LogP contribution is -2.15. The Balaban J connectivity index is 2.12. The van der Waals surface area contributed by atoms with Gasteiger partial charge in [0.05, 0.1) is 16.7 Å². The maximum Gasteiger partial charge on any atom is 0.269 e. The Morgan fingerprint density at radius 3 is 2.58 bits per heavy atom. The minimum absolute atomic E-state index is 0.0833. The highest BCUT2D eigenvalue weighted by Gasteiger charge is 2.13. The smallest absolute Gasteiger partial charge is 0.269 e. The normalized spacial score (nSPS) is 12.2. The molecule has 1 unspecified atom stereocenters. The van der Waals surface area contributed by atoms with Crippen LogP contribution in [-0.2, 0) is 0 Å². The second-order valence-corrected chi connectivity index (χ2v) is 5.45. The number of carbonyl (C=O) groups excluding carboxylic acids is 1. The SMILES string of the molecule is Cc1nc(C)c(C(C)Nc2ccc(C(N)=O)nn2)s1. The quantitative estimate of drug-likeness (QED) is 0.889. The molecule has 0 fully saturated rings. The minimum atomic E-state index is -0.582. The van der Waals surface area contributed by atoms with E-state index in [2.05, 4.69) is 20.5 Å². The monoisotopic (exact) mass is 277 g/mol. The molecule has 1 amide bonds. The Kier molecular flexibility index (Phi) is 3.75. The van der Waals surface area contributed by atoms with Gasteiger partial charge < -0.3 is 11.1 Å². The van der Waals surface area contributed by atoms with Gasteiger partial charge in [-0.2, -0.15) is 0 Å². The molecule has 0 saturated heterocycles. The van der Waals surface area contributed by atoms with Crippen LogP contribution in [0, 0.1) is 13.8 Å². The molecule has 100 valence electrons. The Hall–Kier alpha value is -2.02. The number of nitrogens with two attached hydrogens (primary N) is 1. The molecule has 19 heavy (non-hydrogen) atoms. The fraction of sp³-hybridized carbons (Fsp3) is 0.333. The van der Waals surface area contributed by atoms with Crippen LogP contribution in [0.2, 0.25) is 0 Å². The molecule has 7 heteroatoms. The summed E-state index contributed by atoms with van der Waals surface area (Å²) >= 11 is 1.65. The van der Waals surface area contributed by atoms with Crippen LogP contribution in [0.25, 0.3) is 0 Å². The molecule has 3 N–H and O–H groups in total. The first-order valence-corrected chi connectivity index (χ1v) is 6.63. The summed E-state index contributed by atoms with van der Waals surface area (Å²) in [6, 6.07) is 3.32. The van der Waals surface area contributed by atoms with Crippen LogP contribution in [-0.4, -0.2) is 21.1 Å².